The van der Waals surface area contributed by atoms with Crippen LogP contribution in [0.25, 0.3) is 0 Å². The number of imidazole rings is 1. The van der Waals surface area contributed by atoms with Crippen molar-refractivity contribution in [1.82, 2.24) is 19.4 Å². The molecule has 0 unspecified atom stereocenters. The van der Waals surface area contributed by atoms with E-state index in [0.717, 1.165) is 51.0 Å². The summed E-state index contributed by atoms with van der Waals surface area (Å²) in [4.78, 5) is 9.22. The number of rotatable bonds is 7. The zero-order chi connectivity index (χ0) is 15.2. The van der Waals surface area contributed by atoms with Gasteiger partial charge in [-0.3, -0.25) is 4.90 Å². The van der Waals surface area contributed by atoms with E-state index >= 15 is 0 Å². The first-order valence-corrected chi connectivity index (χ1v) is 8.17. The van der Waals surface area contributed by atoms with Gasteiger partial charge in [0, 0.05) is 32.0 Å². The number of hydrogen-bond donors (Lipinski definition) is 1. The number of hydrogen-bond acceptors (Lipinski definition) is 4. The third-order valence-corrected chi connectivity index (χ3v) is 4.35. The first-order valence-electron chi connectivity index (χ1n) is 8.17. The maximum atomic E-state index is 9.45. The molecule has 0 radical (unpaired) electrons. The van der Waals surface area contributed by atoms with Crippen molar-refractivity contribution in [1.29, 1.82) is 0 Å². The fourth-order valence-corrected chi connectivity index (χ4v) is 3.25. The maximum absolute atomic E-state index is 9.45. The lowest BCUT2D eigenvalue weighted by Gasteiger charge is -2.34. The van der Waals surface area contributed by atoms with Gasteiger partial charge in [-0.05, 0) is 52.7 Å². The summed E-state index contributed by atoms with van der Waals surface area (Å²) in [6.07, 6.45) is 6.20. The Morgan fingerprint density at radius 2 is 2.14 bits per heavy atom. The highest BCUT2D eigenvalue weighted by Crippen LogP contribution is 2.18. The van der Waals surface area contributed by atoms with E-state index in [9.17, 15) is 5.11 Å². The molecule has 0 bridgehead atoms. The third kappa shape index (κ3) is 5.09. The number of β-amino-alcohol motifs (C(OH)–C–C–N with tert-alkyl or cyclic N) is 1. The molecule has 1 aliphatic rings. The summed E-state index contributed by atoms with van der Waals surface area (Å²) in [5, 5.41) is 9.45. The largest absolute Gasteiger partial charge is 0.392 e. The molecular formula is C16H30N4O. The van der Waals surface area contributed by atoms with Gasteiger partial charge in [0.25, 0.3) is 0 Å². The second-order valence-electron chi connectivity index (χ2n) is 6.42. The van der Waals surface area contributed by atoms with Crippen molar-refractivity contribution < 1.29 is 5.11 Å². The summed E-state index contributed by atoms with van der Waals surface area (Å²) < 4.78 is 2.21. The number of aliphatic hydroxyl groups is 1. The van der Waals surface area contributed by atoms with E-state index in [1.165, 1.54) is 12.8 Å². The van der Waals surface area contributed by atoms with Crippen LogP contribution in [-0.2, 0) is 13.1 Å². The van der Waals surface area contributed by atoms with Crippen molar-refractivity contribution in [2.45, 2.75) is 45.9 Å². The first kappa shape index (κ1) is 16.5. The van der Waals surface area contributed by atoms with Crippen LogP contribution in [-0.4, -0.2) is 63.8 Å². The second kappa shape index (κ2) is 7.92. The van der Waals surface area contributed by atoms with Crippen LogP contribution in [0.15, 0.2) is 12.4 Å². The summed E-state index contributed by atoms with van der Waals surface area (Å²) in [5.41, 5.74) is 0. The van der Waals surface area contributed by atoms with Crippen LogP contribution in [0.4, 0.5) is 0 Å². The SMILES string of the molecule is CCn1ccnc1CN(C)CC1CCN(C[C@H](C)O)CC1. The fourth-order valence-electron chi connectivity index (χ4n) is 3.25. The predicted octanol–water partition coefficient (Wildman–Crippen LogP) is 1.43. The molecule has 1 atom stereocenters. The van der Waals surface area contributed by atoms with E-state index in [0.29, 0.717) is 0 Å². The van der Waals surface area contributed by atoms with Gasteiger partial charge in [0.2, 0.25) is 0 Å². The predicted molar refractivity (Wildman–Crippen MR) is 85.1 cm³/mol. The number of aryl methyl sites for hydroxylation is 1. The smallest absolute Gasteiger partial charge is 0.122 e. The van der Waals surface area contributed by atoms with Gasteiger partial charge in [0.1, 0.15) is 5.82 Å². The van der Waals surface area contributed by atoms with Gasteiger partial charge >= 0.3 is 0 Å². The molecule has 0 aromatic carbocycles. The topological polar surface area (TPSA) is 44.5 Å². The maximum Gasteiger partial charge on any atom is 0.122 e. The molecule has 2 rings (SSSR count). The van der Waals surface area contributed by atoms with Crippen LogP contribution in [0.5, 0.6) is 0 Å². The minimum Gasteiger partial charge on any atom is -0.392 e. The lowest BCUT2D eigenvalue weighted by atomic mass is 9.96. The quantitative estimate of drug-likeness (QED) is 0.826. The standard InChI is InChI=1S/C16H30N4O/c1-4-20-10-7-17-16(20)13-18(3)12-15-5-8-19(9-6-15)11-14(2)21/h7,10,14-15,21H,4-6,8-9,11-13H2,1-3H3/t14-/m0/s1. The van der Waals surface area contributed by atoms with Crippen LogP contribution < -0.4 is 0 Å². The monoisotopic (exact) mass is 294 g/mol. The van der Waals surface area contributed by atoms with Gasteiger partial charge in [0.15, 0.2) is 0 Å². The Kier molecular flexibility index (Phi) is 6.21. The zero-order valence-corrected chi connectivity index (χ0v) is 13.7. The molecule has 0 aliphatic carbocycles. The van der Waals surface area contributed by atoms with Crippen molar-refractivity contribution in [3.8, 4) is 0 Å². The number of piperidine rings is 1. The molecule has 5 heteroatoms. The average molecular weight is 294 g/mol. The normalized spacial score (nSPS) is 19.3. The molecule has 2 heterocycles. The van der Waals surface area contributed by atoms with Gasteiger partial charge in [0.05, 0.1) is 12.6 Å². The summed E-state index contributed by atoms with van der Waals surface area (Å²) >= 11 is 0. The van der Waals surface area contributed by atoms with Crippen LogP contribution in [0.1, 0.15) is 32.5 Å². The molecule has 1 saturated heterocycles. The van der Waals surface area contributed by atoms with Crippen LogP contribution >= 0.6 is 0 Å². The van der Waals surface area contributed by atoms with Gasteiger partial charge in [-0.25, -0.2) is 4.98 Å². The zero-order valence-electron chi connectivity index (χ0n) is 13.7. The average Bonchev–Trinajstić information content (AvgIpc) is 2.87. The number of likely N-dealkylation sites (tertiary alicyclic amines) is 1. The molecule has 21 heavy (non-hydrogen) atoms. The molecule has 0 saturated carbocycles. The van der Waals surface area contributed by atoms with Crippen molar-refractivity contribution in [2.75, 3.05) is 33.2 Å². The van der Waals surface area contributed by atoms with E-state index in [1.54, 1.807) is 0 Å². The van der Waals surface area contributed by atoms with Crippen molar-refractivity contribution in [2.24, 2.45) is 5.92 Å². The van der Waals surface area contributed by atoms with E-state index in [2.05, 4.69) is 39.5 Å². The molecule has 1 fully saturated rings. The van der Waals surface area contributed by atoms with E-state index < -0.39 is 0 Å². The minimum atomic E-state index is -0.211. The second-order valence-corrected chi connectivity index (χ2v) is 6.42. The van der Waals surface area contributed by atoms with Crippen LogP contribution in [0, 0.1) is 5.92 Å². The Hall–Kier alpha value is -0.910. The molecule has 1 N–H and O–H groups in total. The first-order chi connectivity index (χ1) is 10.1. The van der Waals surface area contributed by atoms with E-state index in [1.807, 2.05) is 13.1 Å². The van der Waals surface area contributed by atoms with Crippen LogP contribution in [0.2, 0.25) is 0 Å². The molecule has 0 amide bonds. The lowest BCUT2D eigenvalue weighted by molar-refractivity contribution is 0.0916. The third-order valence-electron chi connectivity index (χ3n) is 4.35. The van der Waals surface area contributed by atoms with Crippen LogP contribution in [0.3, 0.4) is 0 Å². The number of nitrogens with zero attached hydrogens (tertiary/aromatic N) is 4. The summed E-state index contributed by atoms with van der Waals surface area (Å²) in [5.74, 6) is 1.93. The van der Waals surface area contributed by atoms with Gasteiger partial charge in [-0.2, -0.15) is 0 Å². The molecule has 1 aromatic rings. The van der Waals surface area contributed by atoms with Gasteiger partial charge in [-0.1, -0.05) is 0 Å². The molecule has 1 aliphatic heterocycles. The highest BCUT2D eigenvalue weighted by atomic mass is 16.3. The fraction of sp³-hybridized carbons (Fsp3) is 0.812. The lowest BCUT2D eigenvalue weighted by Crippen LogP contribution is -2.40. The number of aliphatic hydroxyl groups excluding tert-OH is 1. The van der Waals surface area contributed by atoms with Gasteiger partial charge in [-0.15, -0.1) is 0 Å². The molecule has 120 valence electrons. The van der Waals surface area contributed by atoms with Crippen molar-refractivity contribution in [3.05, 3.63) is 18.2 Å². The number of aromatic nitrogens is 2. The molecule has 1 aromatic heterocycles. The summed E-state index contributed by atoms with van der Waals surface area (Å²) in [7, 11) is 2.19. The molecule has 5 nitrogen and oxygen atoms in total. The molecule has 0 spiro atoms. The molecular weight excluding hydrogens is 264 g/mol. The van der Waals surface area contributed by atoms with E-state index in [-0.39, 0.29) is 6.10 Å². The Bertz CT molecular complexity index is 410. The van der Waals surface area contributed by atoms with Gasteiger partial charge < -0.3 is 14.6 Å². The highest BCUT2D eigenvalue weighted by Gasteiger charge is 2.21. The van der Waals surface area contributed by atoms with Crippen molar-refractivity contribution in [3.63, 3.8) is 0 Å². The Balaban J connectivity index is 1.73. The summed E-state index contributed by atoms with van der Waals surface area (Å²) in [6, 6.07) is 0. The summed E-state index contributed by atoms with van der Waals surface area (Å²) in [6.45, 7) is 10.1. The van der Waals surface area contributed by atoms with E-state index in [4.69, 9.17) is 0 Å². The minimum absolute atomic E-state index is 0.211. The van der Waals surface area contributed by atoms with Crippen molar-refractivity contribution >= 4 is 0 Å². The Morgan fingerprint density at radius 1 is 1.43 bits per heavy atom. The highest BCUT2D eigenvalue weighted by molar-refractivity contribution is 4.92. The Labute approximate surface area is 128 Å². The Morgan fingerprint density at radius 3 is 2.76 bits per heavy atom.